The van der Waals surface area contributed by atoms with Crippen LogP contribution in [0.2, 0.25) is 0 Å². The maximum absolute atomic E-state index is 11.3. The second kappa shape index (κ2) is 28.4. The van der Waals surface area contributed by atoms with Crippen molar-refractivity contribution in [2.24, 2.45) is 5.92 Å². The monoisotopic (exact) mass is 492 g/mol. The van der Waals surface area contributed by atoms with Gasteiger partial charge >= 0.3 is 37.7 Å². The number of aliphatic carboxylic acids is 2. The summed E-state index contributed by atoms with van der Waals surface area (Å²) >= 11 is 0. The fourth-order valence-corrected chi connectivity index (χ4v) is 4.51. The molecule has 0 saturated heterocycles. The molecule has 1 unspecified atom stereocenters. The average Bonchev–Trinajstić information content (AvgIpc) is 2.76. The van der Waals surface area contributed by atoms with Gasteiger partial charge in [0, 0.05) is 11.9 Å². The fourth-order valence-electron chi connectivity index (χ4n) is 4.51. The standard InChI is InChI=1S/C28H54O4.Ca/c1-2-3-4-5-17-20-23-26(28(31)32)24-21-18-15-13-11-9-7-6-8-10-12-14-16-19-22-25-27(29)30;/h26H,2-25H2,1H3,(H,29,30)(H,31,32);/q;+2/p-2. The minimum atomic E-state index is -0.923. The molecular weight excluding hydrogens is 440 g/mol. The number of hydrogen-bond acceptors (Lipinski definition) is 4. The number of unbranched alkanes of at least 4 members (excludes halogenated alkanes) is 19. The molecule has 0 heterocycles. The Morgan fingerprint density at radius 3 is 1.12 bits per heavy atom. The number of carboxylic acid groups (broad SMARTS) is 2. The van der Waals surface area contributed by atoms with Crippen LogP contribution < -0.4 is 10.2 Å². The molecule has 0 aromatic rings. The number of carbonyl (C=O) groups excluding carboxylic acids is 2. The van der Waals surface area contributed by atoms with Gasteiger partial charge < -0.3 is 19.8 Å². The van der Waals surface area contributed by atoms with Crippen LogP contribution in [0.25, 0.3) is 0 Å². The van der Waals surface area contributed by atoms with Crippen LogP contribution in [0.15, 0.2) is 0 Å². The van der Waals surface area contributed by atoms with Gasteiger partial charge in [-0.3, -0.25) is 0 Å². The summed E-state index contributed by atoms with van der Waals surface area (Å²) in [6.07, 6.45) is 27.1. The molecule has 0 aliphatic carbocycles. The van der Waals surface area contributed by atoms with Gasteiger partial charge in [-0.05, 0) is 31.6 Å². The minimum absolute atomic E-state index is 0. The molecule has 190 valence electrons. The molecular formula is C28H52CaO4. The molecule has 0 bridgehead atoms. The normalized spacial score (nSPS) is 11.8. The molecule has 0 aromatic heterocycles. The van der Waals surface area contributed by atoms with E-state index >= 15 is 0 Å². The van der Waals surface area contributed by atoms with Crippen LogP contribution in [0.1, 0.15) is 161 Å². The fraction of sp³-hybridized carbons (Fsp3) is 0.929. The van der Waals surface area contributed by atoms with Gasteiger partial charge in [0.1, 0.15) is 0 Å². The van der Waals surface area contributed by atoms with Crippen molar-refractivity contribution in [1.82, 2.24) is 0 Å². The van der Waals surface area contributed by atoms with E-state index in [9.17, 15) is 19.8 Å². The third-order valence-corrected chi connectivity index (χ3v) is 6.67. The molecule has 0 spiro atoms. The predicted octanol–water partition coefficient (Wildman–Crippen LogP) is 6.10. The Morgan fingerprint density at radius 2 is 0.818 bits per heavy atom. The summed E-state index contributed by atoms with van der Waals surface area (Å²) < 4.78 is 0. The SMILES string of the molecule is CCCCCCCCC(CCCCCCCCCCCCCCCCCC(=O)[O-])C(=O)[O-].[Ca+2]. The van der Waals surface area contributed by atoms with Crippen LogP contribution in [0.4, 0.5) is 0 Å². The zero-order valence-electron chi connectivity index (χ0n) is 21.9. The van der Waals surface area contributed by atoms with Crippen molar-refractivity contribution in [1.29, 1.82) is 0 Å². The predicted molar refractivity (Wildman–Crippen MR) is 136 cm³/mol. The summed E-state index contributed by atoms with van der Waals surface area (Å²) in [7, 11) is 0. The minimum Gasteiger partial charge on any atom is -0.550 e. The van der Waals surface area contributed by atoms with E-state index in [1.54, 1.807) is 0 Å². The van der Waals surface area contributed by atoms with Crippen LogP contribution >= 0.6 is 0 Å². The number of rotatable bonds is 26. The van der Waals surface area contributed by atoms with Gasteiger partial charge in [-0.2, -0.15) is 0 Å². The van der Waals surface area contributed by atoms with Gasteiger partial charge in [0.15, 0.2) is 0 Å². The molecule has 1 atom stereocenters. The summed E-state index contributed by atoms with van der Waals surface area (Å²) in [6, 6.07) is 0. The van der Waals surface area contributed by atoms with E-state index < -0.39 is 11.9 Å². The Bertz CT molecular complexity index is 428. The van der Waals surface area contributed by atoms with Gasteiger partial charge in [-0.25, -0.2) is 0 Å². The van der Waals surface area contributed by atoms with E-state index in [1.807, 2.05) is 0 Å². The summed E-state index contributed by atoms with van der Waals surface area (Å²) in [5.41, 5.74) is 0. The van der Waals surface area contributed by atoms with Crippen molar-refractivity contribution in [2.75, 3.05) is 0 Å². The largest absolute Gasteiger partial charge is 2.00 e. The Kier molecular flexibility index (Phi) is 30.5. The van der Waals surface area contributed by atoms with Gasteiger partial charge in [0.2, 0.25) is 0 Å². The van der Waals surface area contributed by atoms with Crippen LogP contribution in [-0.4, -0.2) is 49.7 Å². The summed E-state index contributed by atoms with van der Waals surface area (Å²) in [5.74, 6) is -1.99. The van der Waals surface area contributed by atoms with E-state index in [1.165, 1.54) is 89.9 Å². The average molecular weight is 493 g/mol. The molecule has 33 heavy (non-hydrogen) atoms. The van der Waals surface area contributed by atoms with Gasteiger partial charge in [-0.15, -0.1) is 0 Å². The molecule has 0 rings (SSSR count). The molecule has 0 saturated carbocycles. The van der Waals surface area contributed by atoms with Crippen LogP contribution in [0.5, 0.6) is 0 Å². The molecule has 0 fully saturated rings. The smallest absolute Gasteiger partial charge is 0.550 e. The van der Waals surface area contributed by atoms with E-state index in [4.69, 9.17) is 0 Å². The third-order valence-electron chi connectivity index (χ3n) is 6.67. The van der Waals surface area contributed by atoms with Crippen molar-refractivity contribution in [3.8, 4) is 0 Å². The maximum atomic E-state index is 11.3. The van der Waals surface area contributed by atoms with Gasteiger partial charge in [0.05, 0.1) is 0 Å². The molecule has 0 aliphatic rings. The van der Waals surface area contributed by atoms with Crippen LogP contribution in [-0.2, 0) is 9.59 Å². The van der Waals surface area contributed by atoms with Crippen molar-refractivity contribution in [2.45, 2.75) is 161 Å². The first kappa shape index (κ1) is 35.4. The summed E-state index contributed by atoms with van der Waals surface area (Å²) in [5, 5.41) is 21.7. The van der Waals surface area contributed by atoms with Gasteiger partial charge in [0.25, 0.3) is 0 Å². The Morgan fingerprint density at radius 1 is 0.515 bits per heavy atom. The van der Waals surface area contributed by atoms with Crippen molar-refractivity contribution >= 4 is 49.7 Å². The molecule has 0 amide bonds. The molecule has 0 N–H and O–H groups in total. The van der Waals surface area contributed by atoms with E-state index in [2.05, 4.69) is 6.92 Å². The first-order valence-electron chi connectivity index (χ1n) is 14.0. The maximum Gasteiger partial charge on any atom is 2.00 e. The Labute approximate surface area is 235 Å². The van der Waals surface area contributed by atoms with Crippen molar-refractivity contribution in [3.05, 3.63) is 0 Å². The zero-order valence-corrected chi connectivity index (χ0v) is 24.1. The second-order valence-corrected chi connectivity index (χ2v) is 9.79. The topological polar surface area (TPSA) is 80.3 Å². The number of carbonyl (C=O) groups is 2. The number of hydrogen-bond donors (Lipinski definition) is 0. The second-order valence-electron chi connectivity index (χ2n) is 9.79. The van der Waals surface area contributed by atoms with Crippen LogP contribution in [0.3, 0.4) is 0 Å². The molecule has 0 aliphatic heterocycles. The number of carboxylic acids is 2. The first-order valence-corrected chi connectivity index (χ1v) is 14.0. The molecule has 4 nitrogen and oxygen atoms in total. The van der Waals surface area contributed by atoms with Crippen molar-refractivity contribution < 1.29 is 19.8 Å². The van der Waals surface area contributed by atoms with Crippen molar-refractivity contribution in [3.63, 3.8) is 0 Å². The zero-order chi connectivity index (χ0) is 23.7. The summed E-state index contributed by atoms with van der Waals surface area (Å²) in [4.78, 5) is 21.7. The van der Waals surface area contributed by atoms with E-state index in [0.29, 0.717) is 0 Å². The molecule has 0 radical (unpaired) electrons. The quantitative estimate of drug-likeness (QED) is 0.108. The van der Waals surface area contributed by atoms with E-state index in [-0.39, 0.29) is 50.1 Å². The molecule has 5 heteroatoms. The third kappa shape index (κ3) is 28.3. The van der Waals surface area contributed by atoms with E-state index in [0.717, 1.165) is 57.8 Å². The molecule has 0 aromatic carbocycles. The summed E-state index contributed by atoms with van der Waals surface area (Å²) in [6.45, 7) is 2.21. The van der Waals surface area contributed by atoms with Gasteiger partial charge in [-0.1, -0.05) is 135 Å². The van der Waals surface area contributed by atoms with Crippen LogP contribution in [0, 0.1) is 5.92 Å². The Balaban J connectivity index is 0. The Hall–Kier alpha value is 0.200. The first-order chi connectivity index (χ1) is 15.6.